The van der Waals surface area contributed by atoms with Gasteiger partial charge in [-0.05, 0) is 45.4 Å². The molecule has 0 spiro atoms. The van der Waals surface area contributed by atoms with Crippen LogP contribution in [0.1, 0.15) is 33.3 Å². The Morgan fingerprint density at radius 2 is 1.75 bits per heavy atom. The number of carbonyl (C=O) groups is 1. The fourth-order valence-electron chi connectivity index (χ4n) is 1.98. The monoisotopic (exact) mass is 281 g/mol. The largest absolute Gasteiger partial charge is 0.351 e. The smallest absolute Gasteiger partial charge is 0.259 e. The molecular weight excluding hydrogens is 264 g/mol. The number of amides is 1. The Labute approximate surface area is 116 Å². The maximum atomic E-state index is 13.3. The quantitative estimate of drug-likeness (QED) is 0.828. The number of nitrogens with one attached hydrogen (secondary N) is 2. The topological polar surface area (TPSA) is 53.5 Å². The van der Waals surface area contributed by atoms with E-state index in [1.165, 1.54) is 6.92 Å². The normalized spacial score (nSPS) is 22.5. The van der Waals surface area contributed by atoms with Crippen LogP contribution in [0.2, 0.25) is 0 Å². The van der Waals surface area contributed by atoms with Gasteiger partial charge in [-0.3, -0.25) is 10.1 Å². The van der Waals surface area contributed by atoms with E-state index in [0.29, 0.717) is 5.96 Å². The predicted octanol–water partition coefficient (Wildman–Crippen LogP) is 2.05. The molecule has 0 radical (unpaired) electrons. The highest BCUT2D eigenvalue weighted by Gasteiger charge is 2.42. The molecule has 1 aliphatic rings. The third-order valence-electron chi connectivity index (χ3n) is 2.93. The highest BCUT2D eigenvalue weighted by Crippen LogP contribution is 2.30. The molecule has 1 amide bonds. The molecule has 2 rings (SSSR count). The van der Waals surface area contributed by atoms with Crippen molar-refractivity contribution >= 4 is 11.9 Å². The summed E-state index contributed by atoms with van der Waals surface area (Å²) >= 11 is 0. The van der Waals surface area contributed by atoms with Gasteiger partial charge < -0.3 is 5.32 Å². The first-order valence-electron chi connectivity index (χ1n) is 6.26. The van der Waals surface area contributed by atoms with Crippen molar-refractivity contribution in [1.82, 2.24) is 10.6 Å². The van der Waals surface area contributed by atoms with E-state index < -0.39 is 23.1 Å². The van der Waals surface area contributed by atoms with E-state index in [9.17, 15) is 13.6 Å². The van der Waals surface area contributed by atoms with Crippen molar-refractivity contribution in [3.63, 3.8) is 0 Å². The second-order valence-corrected chi connectivity index (χ2v) is 6.02. The van der Waals surface area contributed by atoms with E-state index in [-0.39, 0.29) is 11.1 Å². The minimum atomic E-state index is -1.34. The van der Waals surface area contributed by atoms with Gasteiger partial charge in [-0.2, -0.15) is 0 Å². The number of nitrogens with zero attached hydrogens (tertiary/aromatic N) is 1. The molecule has 1 atom stereocenters. The predicted molar refractivity (Wildman–Crippen MR) is 72.2 cm³/mol. The molecule has 1 aromatic carbocycles. The molecule has 20 heavy (non-hydrogen) atoms. The number of benzene rings is 1. The first-order valence-corrected chi connectivity index (χ1v) is 6.26. The van der Waals surface area contributed by atoms with Crippen LogP contribution < -0.4 is 10.6 Å². The summed E-state index contributed by atoms with van der Waals surface area (Å²) in [6.45, 7) is 7.27. The van der Waals surface area contributed by atoms with Gasteiger partial charge in [0.25, 0.3) is 5.91 Å². The maximum absolute atomic E-state index is 13.3. The van der Waals surface area contributed by atoms with Gasteiger partial charge in [0.15, 0.2) is 11.5 Å². The first-order chi connectivity index (χ1) is 9.10. The Morgan fingerprint density at radius 3 is 2.25 bits per heavy atom. The summed E-state index contributed by atoms with van der Waals surface area (Å²) in [5.74, 6) is -1.59. The molecule has 0 bridgehead atoms. The zero-order valence-corrected chi connectivity index (χ0v) is 11.8. The summed E-state index contributed by atoms with van der Waals surface area (Å²) < 4.78 is 26.6. The lowest BCUT2D eigenvalue weighted by molar-refractivity contribution is -0.123. The summed E-state index contributed by atoms with van der Waals surface area (Å²) in [4.78, 5) is 16.4. The molecule has 4 nitrogen and oxygen atoms in total. The summed E-state index contributed by atoms with van der Waals surface area (Å²) in [7, 11) is 0. The number of aliphatic imine (C=N–C) groups is 1. The van der Waals surface area contributed by atoms with Gasteiger partial charge in [-0.25, -0.2) is 13.8 Å². The Hall–Kier alpha value is -1.98. The van der Waals surface area contributed by atoms with Crippen molar-refractivity contribution in [1.29, 1.82) is 0 Å². The lowest BCUT2D eigenvalue weighted by Gasteiger charge is -2.21. The van der Waals surface area contributed by atoms with Gasteiger partial charge in [-0.15, -0.1) is 0 Å². The molecule has 0 saturated heterocycles. The molecule has 0 aliphatic carbocycles. The van der Waals surface area contributed by atoms with Gasteiger partial charge in [0.1, 0.15) is 11.6 Å². The van der Waals surface area contributed by atoms with Crippen molar-refractivity contribution in [2.45, 2.75) is 38.8 Å². The van der Waals surface area contributed by atoms with Crippen LogP contribution in [0.3, 0.4) is 0 Å². The van der Waals surface area contributed by atoms with Crippen molar-refractivity contribution in [2.75, 3.05) is 0 Å². The van der Waals surface area contributed by atoms with Crippen LogP contribution >= 0.6 is 0 Å². The van der Waals surface area contributed by atoms with Gasteiger partial charge in [0.05, 0.1) is 0 Å². The molecule has 1 unspecified atom stereocenters. The zero-order valence-electron chi connectivity index (χ0n) is 11.8. The van der Waals surface area contributed by atoms with E-state index in [1.807, 2.05) is 20.8 Å². The lowest BCUT2D eigenvalue weighted by Crippen LogP contribution is -2.47. The molecule has 1 aromatic rings. The second-order valence-electron chi connectivity index (χ2n) is 6.02. The fraction of sp³-hybridized carbons (Fsp3) is 0.429. The highest BCUT2D eigenvalue weighted by atomic mass is 19.1. The van der Waals surface area contributed by atoms with Crippen LogP contribution in [-0.2, 0) is 10.3 Å². The van der Waals surface area contributed by atoms with Crippen LogP contribution in [0.25, 0.3) is 0 Å². The van der Waals surface area contributed by atoms with Crippen molar-refractivity contribution in [3.05, 3.63) is 35.4 Å². The Bertz CT molecular complexity index is 572. The SMILES string of the molecule is CC(C)(C)NC1=NC(C)(c2cc(F)cc(F)c2)C(=O)N1. The molecule has 0 saturated carbocycles. The third kappa shape index (κ3) is 2.79. The number of guanidine groups is 1. The minimum Gasteiger partial charge on any atom is -0.351 e. The van der Waals surface area contributed by atoms with E-state index in [0.717, 1.165) is 18.2 Å². The van der Waals surface area contributed by atoms with Gasteiger partial charge >= 0.3 is 0 Å². The Morgan fingerprint density at radius 1 is 1.20 bits per heavy atom. The summed E-state index contributed by atoms with van der Waals surface area (Å²) in [5, 5.41) is 5.63. The maximum Gasteiger partial charge on any atom is 0.259 e. The summed E-state index contributed by atoms with van der Waals surface area (Å²) in [6.07, 6.45) is 0. The molecule has 2 N–H and O–H groups in total. The standard InChI is InChI=1S/C14H17F2N3O/c1-13(2,3)18-12-17-11(20)14(4,19-12)8-5-9(15)7-10(16)6-8/h5-7H,1-4H3,(H2,17,18,19,20). The molecular formula is C14H17F2N3O. The average molecular weight is 281 g/mol. The van der Waals surface area contributed by atoms with Crippen molar-refractivity contribution in [2.24, 2.45) is 4.99 Å². The van der Waals surface area contributed by atoms with Crippen LogP contribution in [0.5, 0.6) is 0 Å². The molecule has 1 heterocycles. The second kappa shape index (κ2) is 4.54. The molecule has 0 aromatic heterocycles. The van der Waals surface area contributed by atoms with Gasteiger partial charge in [0.2, 0.25) is 0 Å². The third-order valence-corrected chi connectivity index (χ3v) is 2.93. The van der Waals surface area contributed by atoms with Gasteiger partial charge in [-0.1, -0.05) is 0 Å². The van der Waals surface area contributed by atoms with Crippen LogP contribution in [-0.4, -0.2) is 17.4 Å². The molecule has 1 aliphatic heterocycles. The lowest BCUT2D eigenvalue weighted by atomic mass is 9.92. The molecule has 6 heteroatoms. The molecule has 108 valence electrons. The average Bonchev–Trinajstić information content (AvgIpc) is 2.51. The van der Waals surface area contributed by atoms with Crippen LogP contribution in [0.4, 0.5) is 8.78 Å². The Balaban J connectivity index is 2.40. The van der Waals surface area contributed by atoms with E-state index in [2.05, 4.69) is 15.6 Å². The number of carbonyl (C=O) groups excluding carboxylic acids is 1. The first kappa shape index (κ1) is 14.4. The van der Waals surface area contributed by atoms with Crippen LogP contribution in [0.15, 0.2) is 23.2 Å². The van der Waals surface area contributed by atoms with Gasteiger partial charge in [0, 0.05) is 11.6 Å². The highest BCUT2D eigenvalue weighted by molar-refractivity contribution is 6.07. The van der Waals surface area contributed by atoms with E-state index >= 15 is 0 Å². The zero-order chi connectivity index (χ0) is 15.1. The number of hydrogen-bond acceptors (Lipinski definition) is 3. The summed E-state index contributed by atoms with van der Waals surface area (Å²) in [5.41, 5.74) is -1.45. The Kier molecular flexibility index (Phi) is 3.28. The number of halogens is 2. The molecule has 0 fully saturated rings. The number of rotatable bonds is 1. The van der Waals surface area contributed by atoms with Crippen molar-refractivity contribution in [3.8, 4) is 0 Å². The van der Waals surface area contributed by atoms with Crippen LogP contribution in [0, 0.1) is 11.6 Å². The van der Waals surface area contributed by atoms with E-state index in [4.69, 9.17) is 0 Å². The summed E-state index contributed by atoms with van der Waals surface area (Å²) in [6, 6.07) is 3.00. The van der Waals surface area contributed by atoms with Crippen molar-refractivity contribution < 1.29 is 13.6 Å². The fourth-order valence-corrected chi connectivity index (χ4v) is 1.98. The van der Waals surface area contributed by atoms with E-state index in [1.54, 1.807) is 0 Å². The minimum absolute atomic E-state index is 0.179. The number of hydrogen-bond donors (Lipinski definition) is 2.